The van der Waals surface area contributed by atoms with Crippen LogP contribution in [0.3, 0.4) is 0 Å². The summed E-state index contributed by atoms with van der Waals surface area (Å²) in [5, 5.41) is 9.94. The molecule has 0 aromatic carbocycles. The third-order valence-electron chi connectivity index (χ3n) is 5.02. The van der Waals surface area contributed by atoms with E-state index in [9.17, 15) is 9.90 Å². The zero-order chi connectivity index (χ0) is 19.5. The van der Waals surface area contributed by atoms with E-state index >= 15 is 0 Å². The number of unbranched alkanes of at least 4 members (excludes halogenated alkanes) is 10. The highest BCUT2D eigenvalue weighted by Gasteiger charge is 2.04. The largest absolute Gasteiger partial charge is 0.466 e. The number of aliphatic hydroxyl groups is 1. The van der Waals surface area contributed by atoms with Gasteiger partial charge in [-0.3, -0.25) is 4.79 Å². The lowest BCUT2D eigenvalue weighted by Gasteiger charge is -2.10. The number of carbonyl (C=O) groups is 1. The zero-order valence-electron chi connectivity index (χ0n) is 17.9. The Hall–Kier alpha value is -0.570. The second-order valence-electron chi connectivity index (χ2n) is 8.27. The highest BCUT2D eigenvalue weighted by atomic mass is 16.5. The fraction of sp³-hybridized carbons (Fsp3) is 0.957. The smallest absolute Gasteiger partial charge is 0.305 e. The van der Waals surface area contributed by atoms with Gasteiger partial charge in [0.2, 0.25) is 0 Å². The molecule has 0 aromatic heterocycles. The molecule has 0 aliphatic heterocycles. The van der Waals surface area contributed by atoms with Gasteiger partial charge < -0.3 is 9.84 Å². The van der Waals surface area contributed by atoms with Gasteiger partial charge >= 0.3 is 5.97 Å². The van der Waals surface area contributed by atoms with Gasteiger partial charge in [-0.25, -0.2) is 0 Å². The van der Waals surface area contributed by atoms with E-state index in [1.807, 2.05) is 0 Å². The van der Waals surface area contributed by atoms with Crippen molar-refractivity contribution in [2.75, 3.05) is 6.61 Å². The van der Waals surface area contributed by atoms with Crippen LogP contribution in [0, 0.1) is 5.92 Å². The number of hydrogen-bond donors (Lipinski definition) is 1. The van der Waals surface area contributed by atoms with Gasteiger partial charge in [-0.1, -0.05) is 91.4 Å². The lowest BCUT2D eigenvalue weighted by molar-refractivity contribution is -0.144. The first-order valence-electron chi connectivity index (χ1n) is 11.4. The van der Waals surface area contributed by atoms with Crippen LogP contribution >= 0.6 is 0 Å². The summed E-state index contributed by atoms with van der Waals surface area (Å²) in [7, 11) is 0. The Morgan fingerprint density at radius 2 is 1.27 bits per heavy atom. The molecule has 1 atom stereocenters. The predicted molar refractivity (Wildman–Crippen MR) is 111 cm³/mol. The summed E-state index contributed by atoms with van der Waals surface area (Å²) >= 11 is 0. The van der Waals surface area contributed by atoms with E-state index in [1.165, 1.54) is 57.8 Å². The lowest BCUT2D eigenvalue weighted by Crippen LogP contribution is -2.07. The van der Waals surface area contributed by atoms with E-state index in [1.54, 1.807) is 0 Å². The van der Waals surface area contributed by atoms with Crippen LogP contribution in [0.25, 0.3) is 0 Å². The van der Waals surface area contributed by atoms with E-state index in [2.05, 4.69) is 20.8 Å². The van der Waals surface area contributed by atoms with Crippen molar-refractivity contribution in [1.29, 1.82) is 0 Å². The fourth-order valence-electron chi connectivity index (χ4n) is 3.14. The lowest BCUT2D eigenvalue weighted by atomic mass is 10.0. The van der Waals surface area contributed by atoms with Crippen LogP contribution in [0.4, 0.5) is 0 Å². The van der Waals surface area contributed by atoms with Gasteiger partial charge in [-0.15, -0.1) is 0 Å². The average Bonchev–Trinajstić information content (AvgIpc) is 2.60. The summed E-state index contributed by atoms with van der Waals surface area (Å²) in [6.45, 7) is 7.08. The molecule has 0 rings (SSSR count). The van der Waals surface area contributed by atoms with Crippen LogP contribution in [0.5, 0.6) is 0 Å². The van der Waals surface area contributed by atoms with E-state index in [0.717, 1.165) is 38.5 Å². The monoisotopic (exact) mass is 370 g/mol. The van der Waals surface area contributed by atoms with Crippen molar-refractivity contribution >= 4 is 5.97 Å². The zero-order valence-corrected chi connectivity index (χ0v) is 17.9. The maximum Gasteiger partial charge on any atom is 0.305 e. The van der Waals surface area contributed by atoms with Crippen LogP contribution in [0.2, 0.25) is 0 Å². The summed E-state index contributed by atoms with van der Waals surface area (Å²) in [5.41, 5.74) is 0. The standard InChI is InChI=1S/C23H46O3/c1-4-5-6-13-16-22(24)17-14-11-9-7-8-10-12-15-18-23(25)26-20-19-21(2)3/h21-22,24H,4-20H2,1-3H3. The van der Waals surface area contributed by atoms with Gasteiger partial charge in [0.05, 0.1) is 12.7 Å². The molecule has 0 heterocycles. The summed E-state index contributed by atoms with van der Waals surface area (Å²) in [5.74, 6) is 0.566. The second-order valence-corrected chi connectivity index (χ2v) is 8.27. The highest BCUT2D eigenvalue weighted by molar-refractivity contribution is 5.69. The van der Waals surface area contributed by atoms with Gasteiger partial charge in [0.15, 0.2) is 0 Å². The first kappa shape index (κ1) is 25.4. The molecule has 3 heteroatoms. The summed E-state index contributed by atoms with van der Waals surface area (Å²) in [6, 6.07) is 0. The van der Waals surface area contributed by atoms with Crippen LogP contribution in [0.1, 0.15) is 124 Å². The molecule has 1 N–H and O–H groups in total. The maximum atomic E-state index is 11.5. The minimum absolute atomic E-state index is 0.0288. The molecule has 0 saturated carbocycles. The molecule has 0 bridgehead atoms. The maximum absolute atomic E-state index is 11.5. The molecule has 0 radical (unpaired) electrons. The van der Waals surface area contributed by atoms with E-state index in [4.69, 9.17) is 4.74 Å². The average molecular weight is 371 g/mol. The Balaban J connectivity index is 3.22. The number of carbonyl (C=O) groups excluding carboxylic acids is 1. The molecule has 0 saturated heterocycles. The molecular weight excluding hydrogens is 324 g/mol. The number of rotatable bonds is 19. The van der Waals surface area contributed by atoms with Crippen molar-refractivity contribution < 1.29 is 14.6 Å². The summed E-state index contributed by atoms with van der Waals surface area (Å²) in [4.78, 5) is 11.5. The third kappa shape index (κ3) is 19.8. The molecule has 0 aliphatic rings. The molecule has 1 unspecified atom stereocenters. The number of ether oxygens (including phenoxy) is 1. The van der Waals surface area contributed by atoms with Gasteiger partial charge in [0.1, 0.15) is 0 Å². The molecule has 26 heavy (non-hydrogen) atoms. The first-order chi connectivity index (χ1) is 12.6. The minimum Gasteiger partial charge on any atom is -0.466 e. The molecule has 3 nitrogen and oxygen atoms in total. The molecule has 0 spiro atoms. The molecule has 0 amide bonds. The van der Waals surface area contributed by atoms with Crippen LogP contribution in [-0.2, 0) is 9.53 Å². The van der Waals surface area contributed by atoms with Crippen molar-refractivity contribution in [1.82, 2.24) is 0 Å². The Labute approximate surface area is 163 Å². The summed E-state index contributed by atoms with van der Waals surface area (Å²) in [6.07, 6.45) is 18.0. The van der Waals surface area contributed by atoms with E-state index in [0.29, 0.717) is 18.9 Å². The van der Waals surface area contributed by atoms with Crippen molar-refractivity contribution in [3.63, 3.8) is 0 Å². The number of esters is 1. The molecular formula is C23H46O3. The van der Waals surface area contributed by atoms with E-state index < -0.39 is 0 Å². The first-order valence-corrected chi connectivity index (χ1v) is 11.4. The van der Waals surface area contributed by atoms with Gasteiger partial charge in [-0.05, 0) is 31.6 Å². The van der Waals surface area contributed by atoms with Crippen molar-refractivity contribution in [2.45, 2.75) is 130 Å². The van der Waals surface area contributed by atoms with Gasteiger partial charge in [0.25, 0.3) is 0 Å². The second kappa shape index (κ2) is 19.2. The van der Waals surface area contributed by atoms with Crippen LogP contribution in [-0.4, -0.2) is 23.8 Å². The van der Waals surface area contributed by atoms with Crippen LogP contribution < -0.4 is 0 Å². The van der Waals surface area contributed by atoms with Gasteiger partial charge in [-0.2, -0.15) is 0 Å². The SMILES string of the molecule is CCCCCCC(O)CCCCCCCCCCC(=O)OCCC(C)C. The normalized spacial score (nSPS) is 12.5. The van der Waals surface area contributed by atoms with Crippen LogP contribution in [0.15, 0.2) is 0 Å². The Morgan fingerprint density at radius 3 is 1.81 bits per heavy atom. The Kier molecular flexibility index (Phi) is 18.8. The molecule has 0 fully saturated rings. The topological polar surface area (TPSA) is 46.5 Å². The molecule has 0 aliphatic carbocycles. The molecule has 156 valence electrons. The van der Waals surface area contributed by atoms with E-state index in [-0.39, 0.29) is 12.1 Å². The minimum atomic E-state index is -0.0767. The quantitative estimate of drug-likeness (QED) is 0.201. The summed E-state index contributed by atoms with van der Waals surface area (Å²) < 4.78 is 5.22. The number of hydrogen-bond acceptors (Lipinski definition) is 3. The fourth-order valence-corrected chi connectivity index (χ4v) is 3.14. The van der Waals surface area contributed by atoms with Crippen molar-refractivity contribution in [2.24, 2.45) is 5.92 Å². The number of aliphatic hydroxyl groups excluding tert-OH is 1. The third-order valence-corrected chi connectivity index (χ3v) is 5.02. The Morgan fingerprint density at radius 1 is 0.769 bits per heavy atom. The highest BCUT2D eigenvalue weighted by Crippen LogP contribution is 2.14. The predicted octanol–water partition coefficient (Wildman–Crippen LogP) is 6.81. The van der Waals surface area contributed by atoms with Gasteiger partial charge in [0, 0.05) is 6.42 Å². The van der Waals surface area contributed by atoms with Crippen molar-refractivity contribution in [3.8, 4) is 0 Å². The molecule has 0 aromatic rings. The van der Waals surface area contributed by atoms with Crippen molar-refractivity contribution in [3.05, 3.63) is 0 Å². The Bertz CT molecular complexity index is 302.